The first-order valence-corrected chi connectivity index (χ1v) is 6.38. The standard InChI is InChI=1S/C10H14ClN3S/c1-7-5-9(11)14-10(13-7)15-8-3-2-4-12-6-8/h5,8,12H,2-4,6H2,1H3. The zero-order valence-corrected chi connectivity index (χ0v) is 10.2. The lowest BCUT2D eigenvalue weighted by Crippen LogP contribution is -2.31. The van der Waals surface area contributed by atoms with Crippen LogP contribution in [0.3, 0.4) is 0 Å². The highest BCUT2D eigenvalue weighted by Crippen LogP contribution is 2.25. The summed E-state index contributed by atoms with van der Waals surface area (Å²) in [6.07, 6.45) is 2.46. The van der Waals surface area contributed by atoms with Crippen LogP contribution >= 0.6 is 23.4 Å². The highest BCUT2D eigenvalue weighted by atomic mass is 35.5. The number of aryl methyl sites for hydroxylation is 1. The summed E-state index contributed by atoms with van der Waals surface area (Å²) in [6.45, 7) is 4.11. The van der Waals surface area contributed by atoms with E-state index in [0.717, 1.165) is 23.9 Å². The molecule has 15 heavy (non-hydrogen) atoms. The van der Waals surface area contributed by atoms with Crippen LogP contribution in [0.25, 0.3) is 0 Å². The molecule has 0 aromatic carbocycles. The minimum Gasteiger partial charge on any atom is -0.316 e. The summed E-state index contributed by atoms with van der Waals surface area (Å²) < 4.78 is 0. The molecule has 1 aromatic heterocycles. The molecule has 1 N–H and O–H groups in total. The molecule has 1 saturated heterocycles. The van der Waals surface area contributed by atoms with E-state index >= 15 is 0 Å². The molecule has 3 nitrogen and oxygen atoms in total. The molecule has 1 fully saturated rings. The Bertz CT molecular complexity index is 319. The maximum Gasteiger partial charge on any atom is 0.189 e. The molecule has 1 atom stereocenters. The predicted octanol–water partition coefficient (Wildman–Crippen LogP) is 2.28. The molecule has 0 amide bonds. The van der Waals surface area contributed by atoms with Crippen molar-refractivity contribution in [2.45, 2.75) is 30.2 Å². The molecule has 0 saturated carbocycles. The lowest BCUT2D eigenvalue weighted by molar-refractivity contribution is 0.530. The molecule has 0 spiro atoms. The van der Waals surface area contributed by atoms with Gasteiger partial charge in [-0.25, -0.2) is 9.97 Å². The summed E-state index contributed by atoms with van der Waals surface area (Å²) in [7, 11) is 0. The molecule has 2 rings (SSSR count). The van der Waals surface area contributed by atoms with Crippen molar-refractivity contribution in [3.63, 3.8) is 0 Å². The molecule has 82 valence electrons. The summed E-state index contributed by atoms with van der Waals surface area (Å²) >= 11 is 7.61. The molecule has 2 heterocycles. The Balaban J connectivity index is 2.02. The van der Waals surface area contributed by atoms with Crippen molar-refractivity contribution in [3.8, 4) is 0 Å². The molecule has 1 aromatic rings. The van der Waals surface area contributed by atoms with E-state index < -0.39 is 0 Å². The molecule has 5 heteroatoms. The van der Waals surface area contributed by atoms with E-state index in [1.165, 1.54) is 12.8 Å². The molecule has 1 aliphatic rings. The summed E-state index contributed by atoms with van der Waals surface area (Å²) in [5, 5.41) is 5.29. The van der Waals surface area contributed by atoms with Crippen molar-refractivity contribution < 1.29 is 0 Å². The quantitative estimate of drug-likeness (QED) is 0.639. The van der Waals surface area contributed by atoms with E-state index in [-0.39, 0.29) is 0 Å². The molecule has 1 unspecified atom stereocenters. The predicted molar refractivity (Wildman–Crippen MR) is 63.5 cm³/mol. The number of halogens is 1. The van der Waals surface area contributed by atoms with E-state index in [2.05, 4.69) is 15.3 Å². The zero-order valence-electron chi connectivity index (χ0n) is 8.66. The number of rotatable bonds is 2. The second-order valence-corrected chi connectivity index (χ2v) is 5.36. The minimum absolute atomic E-state index is 0.536. The maximum absolute atomic E-state index is 5.89. The summed E-state index contributed by atoms with van der Waals surface area (Å²) in [5.41, 5.74) is 0.932. The highest BCUT2D eigenvalue weighted by molar-refractivity contribution is 7.99. The van der Waals surface area contributed by atoms with Gasteiger partial charge in [-0.05, 0) is 32.4 Å². The van der Waals surface area contributed by atoms with E-state index in [1.807, 2.05) is 6.92 Å². The molecule has 1 aliphatic heterocycles. The van der Waals surface area contributed by atoms with Gasteiger partial charge in [-0.3, -0.25) is 0 Å². The molecular formula is C10H14ClN3S. The highest BCUT2D eigenvalue weighted by Gasteiger charge is 2.15. The third-order valence-corrected chi connectivity index (χ3v) is 3.65. The van der Waals surface area contributed by atoms with Gasteiger partial charge in [0.25, 0.3) is 0 Å². The third-order valence-electron chi connectivity index (χ3n) is 2.33. The van der Waals surface area contributed by atoms with Crippen LogP contribution < -0.4 is 5.32 Å². The van der Waals surface area contributed by atoms with Crippen molar-refractivity contribution in [3.05, 3.63) is 16.9 Å². The molecule has 0 aliphatic carbocycles. The number of thioether (sulfide) groups is 1. The van der Waals surface area contributed by atoms with Crippen molar-refractivity contribution in [1.82, 2.24) is 15.3 Å². The van der Waals surface area contributed by atoms with Gasteiger partial charge in [0.05, 0.1) is 0 Å². The lowest BCUT2D eigenvalue weighted by atomic mass is 10.2. The summed E-state index contributed by atoms with van der Waals surface area (Å²) in [5.74, 6) is 0. The zero-order chi connectivity index (χ0) is 10.7. The Labute approximate surface area is 99.0 Å². The van der Waals surface area contributed by atoms with Gasteiger partial charge in [-0.1, -0.05) is 23.4 Å². The fraction of sp³-hybridized carbons (Fsp3) is 0.600. The average Bonchev–Trinajstić information content (AvgIpc) is 2.17. The van der Waals surface area contributed by atoms with E-state index in [4.69, 9.17) is 11.6 Å². The average molecular weight is 244 g/mol. The summed E-state index contributed by atoms with van der Waals surface area (Å²) in [4.78, 5) is 8.59. The van der Waals surface area contributed by atoms with Crippen molar-refractivity contribution in [2.24, 2.45) is 0 Å². The Morgan fingerprint density at radius 2 is 2.40 bits per heavy atom. The van der Waals surface area contributed by atoms with Gasteiger partial charge in [0, 0.05) is 17.5 Å². The first-order valence-electron chi connectivity index (χ1n) is 5.12. The van der Waals surface area contributed by atoms with Crippen LogP contribution in [0.4, 0.5) is 0 Å². The molecular weight excluding hydrogens is 230 g/mol. The Morgan fingerprint density at radius 1 is 1.53 bits per heavy atom. The largest absolute Gasteiger partial charge is 0.316 e. The smallest absolute Gasteiger partial charge is 0.189 e. The fourth-order valence-corrected chi connectivity index (χ4v) is 3.05. The van der Waals surface area contributed by atoms with Gasteiger partial charge in [-0.2, -0.15) is 0 Å². The van der Waals surface area contributed by atoms with Crippen LogP contribution in [-0.2, 0) is 0 Å². The van der Waals surface area contributed by atoms with E-state index in [0.29, 0.717) is 10.4 Å². The Morgan fingerprint density at radius 3 is 3.07 bits per heavy atom. The maximum atomic E-state index is 5.89. The normalized spacial score (nSPS) is 21.6. The van der Waals surface area contributed by atoms with Crippen LogP contribution in [0.5, 0.6) is 0 Å². The topological polar surface area (TPSA) is 37.8 Å². The van der Waals surface area contributed by atoms with Crippen LogP contribution in [0.1, 0.15) is 18.5 Å². The van der Waals surface area contributed by atoms with Gasteiger partial charge in [-0.15, -0.1) is 0 Å². The second kappa shape index (κ2) is 5.14. The second-order valence-electron chi connectivity index (χ2n) is 3.70. The minimum atomic E-state index is 0.536. The van der Waals surface area contributed by atoms with Crippen LogP contribution in [0.15, 0.2) is 11.2 Å². The van der Waals surface area contributed by atoms with Gasteiger partial charge in [0.15, 0.2) is 5.16 Å². The van der Waals surface area contributed by atoms with Crippen LogP contribution in [0.2, 0.25) is 5.15 Å². The van der Waals surface area contributed by atoms with Gasteiger partial charge in [0.2, 0.25) is 0 Å². The Hall–Kier alpha value is -0.320. The van der Waals surface area contributed by atoms with Crippen molar-refractivity contribution in [2.75, 3.05) is 13.1 Å². The number of hydrogen-bond acceptors (Lipinski definition) is 4. The number of nitrogens with zero attached hydrogens (tertiary/aromatic N) is 2. The first-order chi connectivity index (χ1) is 7.24. The lowest BCUT2D eigenvalue weighted by Gasteiger charge is -2.21. The molecule has 0 bridgehead atoms. The SMILES string of the molecule is Cc1cc(Cl)nc(SC2CCCNC2)n1. The van der Waals surface area contributed by atoms with Gasteiger partial charge < -0.3 is 5.32 Å². The van der Waals surface area contributed by atoms with E-state index in [1.54, 1.807) is 17.8 Å². The number of piperidine rings is 1. The number of aromatic nitrogens is 2. The fourth-order valence-electron chi connectivity index (χ4n) is 1.63. The Kier molecular flexibility index (Phi) is 3.83. The van der Waals surface area contributed by atoms with E-state index in [9.17, 15) is 0 Å². The van der Waals surface area contributed by atoms with Crippen molar-refractivity contribution >= 4 is 23.4 Å². The molecule has 0 radical (unpaired) electrons. The summed E-state index contributed by atoms with van der Waals surface area (Å²) in [6, 6.07) is 1.78. The third kappa shape index (κ3) is 3.33. The number of nitrogens with one attached hydrogen (secondary N) is 1. The van der Waals surface area contributed by atoms with Gasteiger partial charge in [0.1, 0.15) is 5.15 Å². The number of hydrogen-bond donors (Lipinski definition) is 1. The van der Waals surface area contributed by atoms with Gasteiger partial charge >= 0.3 is 0 Å². The monoisotopic (exact) mass is 243 g/mol. The van der Waals surface area contributed by atoms with Crippen LogP contribution in [-0.4, -0.2) is 28.3 Å². The van der Waals surface area contributed by atoms with Crippen molar-refractivity contribution in [1.29, 1.82) is 0 Å². The first kappa shape index (κ1) is 11.2. The van der Waals surface area contributed by atoms with Crippen LogP contribution in [0, 0.1) is 6.92 Å².